The van der Waals surface area contributed by atoms with E-state index in [9.17, 15) is 9.18 Å². The van der Waals surface area contributed by atoms with Crippen LogP contribution in [-0.2, 0) is 4.74 Å². The average molecular weight is 308 g/mol. The Labute approximate surface area is 127 Å². The third kappa shape index (κ3) is 4.03. The van der Waals surface area contributed by atoms with Crippen LogP contribution < -0.4 is 5.32 Å². The van der Waals surface area contributed by atoms with Crippen molar-refractivity contribution in [2.24, 2.45) is 0 Å². The van der Waals surface area contributed by atoms with Crippen molar-refractivity contribution < 1.29 is 13.9 Å². The van der Waals surface area contributed by atoms with Crippen molar-refractivity contribution >= 4 is 17.5 Å². The Morgan fingerprint density at radius 2 is 2.00 bits per heavy atom. The van der Waals surface area contributed by atoms with E-state index < -0.39 is 5.82 Å². The molecule has 3 nitrogen and oxygen atoms in total. The minimum absolute atomic E-state index is 0.0844. The molecule has 0 radical (unpaired) electrons. The minimum atomic E-state index is -0.476. The number of ether oxygens (including phenoxy) is 1. The van der Waals surface area contributed by atoms with E-state index in [-0.39, 0.29) is 22.6 Å². The fourth-order valence-electron chi connectivity index (χ4n) is 1.96. The topological polar surface area (TPSA) is 38.3 Å². The standard InChI is InChI=1S/C16H15ClFNO2/c1-21-15(11-5-3-2-4-6-11)10-19-16(20)13-8-7-12(18)9-14(13)17/h2-9,15H,10H2,1H3,(H,19,20). The second-order valence-corrected chi connectivity index (χ2v) is 4.88. The molecule has 0 aliphatic rings. The molecule has 0 aliphatic heterocycles. The smallest absolute Gasteiger partial charge is 0.252 e. The Balaban J connectivity index is 2.03. The molecule has 0 aliphatic carbocycles. The van der Waals surface area contributed by atoms with Gasteiger partial charge in [-0.05, 0) is 23.8 Å². The van der Waals surface area contributed by atoms with Gasteiger partial charge in [0.15, 0.2) is 0 Å². The summed E-state index contributed by atoms with van der Waals surface area (Å²) in [6.45, 7) is 0.299. The summed E-state index contributed by atoms with van der Waals surface area (Å²) in [5.74, 6) is -0.839. The Morgan fingerprint density at radius 3 is 2.62 bits per heavy atom. The second kappa shape index (κ2) is 7.20. The molecular formula is C16H15ClFNO2. The lowest BCUT2D eigenvalue weighted by Crippen LogP contribution is -2.29. The highest BCUT2D eigenvalue weighted by Crippen LogP contribution is 2.18. The van der Waals surface area contributed by atoms with Crippen LogP contribution in [0.15, 0.2) is 48.5 Å². The van der Waals surface area contributed by atoms with Crippen molar-refractivity contribution in [2.45, 2.75) is 6.10 Å². The molecule has 0 bridgehead atoms. The Bertz CT molecular complexity index is 619. The van der Waals surface area contributed by atoms with E-state index in [4.69, 9.17) is 16.3 Å². The summed E-state index contributed by atoms with van der Waals surface area (Å²) < 4.78 is 18.3. The van der Waals surface area contributed by atoms with Crippen LogP contribution >= 0.6 is 11.6 Å². The maximum Gasteiger partial charge on any atom is 0.252 e. The molecule has 1 amide bonds. The van der Waals surface area contributed by atoms with Crippen LogP contribution in [0.3, 0.4) is 0 Å². The molecule has 0 fully saturated rings. The largest absolute Gasteiger partial charge is 0.375 e. The number of hydrogen-bond donors (Lipinski definition) is 1. The van der Waals surface area contributed by atoms with E-state index in [1.54, 1.807) is 7.11 Å². The zero-order valence-corrected chi connectivity index (χ0v) is 12.2. The van der Waals surface area contributed by atoms with E-state index in [0.29, 0.717) is 6.54 Å². The van der Waals surface area contributed by atoms with E-state index in [2.05, 4.69) is 5.32 Å². The van der Waals surface area contributed by atoms with Gasteiger partial charge in [0.1, 0.15) is 5.82 Å². The molecule has 1 unspecified atom stereocenters. The summed E-state index contributed by atoms with van der Waals surface area (Å²) in [7, 11) is 1.58. The van der Waals surface area contributed by atoms with Gasteiger partial charge in [0.05, 0.1) is 16.7 Å². The second-order valence-electron chi connectivity index (χ2n) is 4.47. The zero-order valence-electron chi connectivity index (χ0n) is 11.5. The number of carbonyl (C=O) groups excluding carboxylic acids is 1. The Kier molecular flexibility index (Phi) is 5.31. The fraction of sp³-hybridized carbons (Fsp3) is 0.188. The molecule has 110 valence electrons. The van der Waals surface area contributed by atoms with E-state index in [1.807, 2.05) is 30.3 Å². The summed E-state index contributed by atoms with van der Waals surface area (Å²) in [6, 6.07) is 13.2. The summed E-state index contributed by atoms with van der Waals surface area (Å²) in [5, 5.41) is 2.82. The fourth-order valence-corrected chi connectivity index (χ4v) is 2.21. The lowest BCUT2D eigenvalue weighted by molar-refractivity contribution is 0.0828. The van der Waals surface area contributed by atoms with Crippen molar-refractivity contribution in [2.75, 3.05) is 13.7 Å². The van der Waals surface area contributed by atoms with Gasteiger partial charge >= 0.3 is 0 Å². The number of carbonyl (C=O) groups is 1. The number of methoxy groups -OCH3 is 1. The lowest BCUT2D eigenvalue weighted by atomic mass is 10.1. The van der Waals surface area contributed by atoms with Gasteiger partial charge in [0.25, 0.3) is 5.91 Å². The maximum atomic E-state index is 13.0. The van der Waals surface area contributed by atoms with Crippen molar-refractivity contribution in [3.63, 3.8) is 0 Å². The van der Waals surface area contributed by atoms with Crippen LogP contribution in [0.1, 0.15) is 22.0 Å². The first-order chi connectivity index (χ1) is 10.1. The van der Waals surface area contributed by atoms with Gasteiger partial charge in [-0.15, -0.1) is 0 Å². The van der Waals surface area contributed by atoms with E-state index >= 15 is 0 Å². The summed E-state index contributed by atoms with van der Waals surface area (Å²) >= 11 is 5.86. The zero-order chi connectivity index (χ0) is 15.2. The Morgan fingerprint density at radius 1 is 1.29 bits per heavy atom. The Hall–Kier alpha value is -1.91. The highest BCUT2D eigenvalue weighted by atomic mass is 35.5. The molecule has 0 saturated carbocycles. The molecule has 1 atom stereocenters. The van der Waals surface area contributed by atoms with Gasteiger partial charge in [0.2, 0.25) is 0 Å². The minimum Gasteiger partial charge on any atom is -0.375 e. The van der Waals surface area contributed by atoms with Gasteiger partial charge in [-0.25, -0.2) is 4.39 Å². The van der Waals surface area contributed by atoms with E-state index in [0.717, 1.165) is 11.6 Å². The van der Waals surface area contributed by atoms with Crippen LogP contribution in [0.25, 0.3) is 0 Å². The SMILES string of the molecule is COC(CNC(=O)c1ccc(F)cc1Cl)c1ccccc1. The quantitative estimate of drug-likeness (QED) is 0.916. The van der Waals surface area contributed by atoms with Crippen molar-refractivity contribution in [1.82, 2.24) is 5.32 Å². The predicted octanol–water partition coefficient (Wildman–Crippen LogP) is 3.60. The highest BCUT2D eigenvalue weighted by Gasteiger charge is 2.15. The average Bonchev–Trinajstić information content (AvgIpc) is 2.48. The molecular weight excluding hydrogens is 293 g/mol. The highest BCUT2D eigenvalue weighted by molar-refractivity contribution is 6.33. The normalized spacial score (nSPS) is 12.0. The monoisotopic (exact) mass is 307 g/mol. The molecule has 0 heterocycles. The molecule has 1 N–H and O–H groups in total. The van der Waals surface area contributed by atoms with Crippen molar-refractivity contribution in [3.05, 3.63) is 70.5 Å². The number of amides is 1. The molecule has 2 rings (SSSR count). The third-order valence-electron chi connectivity index (χ3n) is 3.08. The van der Waals surface area contributed by atoms with Crippen LogP contribution in [0.2, 0.25) is 5.02 Å². The summed E-state index contributed by atoms with van der Waals surface area (Å²) in [4.78, 5) is 12.1. The summed E-state index contributed by atoms with van der Waals surface area (Å²) in [5.41, 5.74) is 1.20. The predicted molar refractivity (Wildman–Crippen MR) is 79.9 cm³/mol. The van der Waals surface area contributed by atoms with Crippen LogP contribution in [0.4, 0.5) is 4.39 Å². The molecule has 5 heteroatoms. The lowest BCUT2D eigenvalue weighted by Gasteiger charge is -2.16. The van der Waals surface area contributed by atoms with Gasteiger partial charge < -0.3 is 10.1 Å². The van der Waals surface area contributed by atoms with Crippen molar-refractivity contribution in [1.29, 1.82) is 0 Å². The number of halogens is 2. The molecule has 0 spiro atoms. The van der Waals surface area contributed by atoms with Crippen LogP contribution in [0.5, 0.6) is 0 Å². The third-order valence-corrected chi connectivity index (χ3v) is 3.39. The maximum absolute atomic E-state index is 13.0. The van der Waals surface area contributed by atoms with Gasteiger partial charge in [0, 0.05) is 13.7 Å². The number of rotatable bonds is 5. The first kappa shape index (κ1) is 15.5. The number of hydrogen-bond acceptors (Lipinski definition) is 2. The van der Waals surface area contributed by atoms with Gasteiger partial charge in [-0.2, -0.15) is 0 Å². The molecule has 2 aromatic rings. The van der Waals surface area contributed by atoms with E-state index in [1.165, 1.54) is 12.1 Å². The van der Waals surface area contributed by atoms with Gasteiger partial charge in [-0.3, -0.25) is 4.79 Å². The molecule has 0 saturated heterocycles. The molecule has 21 heavy (non-hydrogen) atoms. The molecule has 2 aromatic carbocycles. The summed E-state index contributed by atoms with van der Waals surface area (Å²) in [6.07, 6.45) is -0.255. The van der Waals surface area contributed by atoms with Gasteiger partial charge in [-0.1, -0.05) is 41.9 Å². The number of nitrogens with one attached hydrogen (secondary N) is 1. The molecule has 0 aromatic heterocycles. The van der Waals surface area contributed by atoms with Crippen LogP contribution in [-0.4, -0.2) is 19.6 Å². The van der Waals surface area contributed by atoms with Crippen molar-refractivity contribution in [3.8, 4) is 0 Å². The number of benzene rings is 2. The first-order valence-electron chi connectivity index (χ1n) is 6.43. The first-order valence-corrected chi connectivity index (χ1v) is 6.80. The van der Waals surface area contributed by atoms with Crippen LogP contribution in [0, 0.1) is 5.82 Å².